The summed E-state index contributed by atoms with van der Waals surface area (Å²) in [5.41, 5.74) is 0. The summed E-state index contributed by atoms with van der Waals surface area (Å²) in [6.07, 6.45) is 1.76. The smallest absolute Gasteiger partial charge is 0.413 e. The van der Waals surface area contributed by atoms with Gasteiger partial charge in [0, 0.05) is 4.88 Å². The Kier molecular flexibility index (Phi) is 4.96. The second-order valence-electron chi connectivity index (χ2n) is 4.68. The highest BCUT2D eigenvalue weighted by molar-refractivity contribution is 7.58. The fourth-order valence-corrected chi connectivity index (χ4v) is 3.94. The largest absolute Gasteiger partial charge is 0.455 e. The Morgan fingerprint density at radius 3 is 1.83 bits per heavy atom. The van der Waals surface area contributed by atoms with Crippen molar-refractivity contribution in [1.82, 2.24) is 0 Å². The van der Waals surface area contributed by atoms with Crippen LogP contribution in [0.3, 0.4) is 0 Å². The summed E-state index contributed by atoms with van der Waals surface area (Å²) >= 11 is 1.56. The van der Waals surface area contributed by atoms with Crippen LogP contribution in [0.4, 0.5) is 0 Å². The van der Waals surface area contributed by atoms with Crippen LogP contribution in [0, 0.1) is 0 Å². The van der Waals surface area contributed by atoms with Crippen LogP contribution in [-0.4, -0.2) is 0 Å². The molecule has 23 heavy (non-hydrogen) atoms. The Hall–Kier alpha value is -2.29. The van der Waals surface area contributed by atoms with E-state index in [1.165, 1.54) is 5.82 Å². The summed E-state index contributed by atoms with van der Waals surface area (Å²) < 4.78 is 24.4. The van der Waals surface area contributed by atoms with E-state index in [9.17, 15) is 4.57 Å². The van der Waals surface area contributed by atoms with E-state index in [2.05, 4.69) is 0 Å². The molecule has 0 unspecified atom stereocenters. The number of hydrogen-bond acceptors (Lipinski definition) is 4. The van der Waals surface area contributed by atoms with Gasteiger partial charge in [-0.05, 0) is 41.8 Å². The molecule has 0 spiro atoms. The SMILES string of the molecule is O=P(/C=C\c1cccs1)(Oc1ccccc1)Oc1ccccc1. The number of benzene rings is 2. The van der Waals surface area contributed by atoms with Crippen molar-refractivity contribution < 1.29 is 13.6 Å². The quantitative estimate of drug-likeness (QED) is 0.510. The van der Waals surface area contributed by atoms with Crippen LogP contribution >= 0.6 is 18.9 Å². The number of hydrogen-bond donors (Lipinski definition) is 0. The maximum atomic E-state index is 13.1. The maximum absolute atomic E-state index is 13.1. The molecule has 0 fully saturated rings. The molecule has 0 aliphatic heterocycles. The Labute approximate surface area is 139 Å². The molecule has 1 heterocycles. The van der Waals surface area contributed by atoms with E-state index in [1.807, 2.05) is 53.9 Å². The third-order valence-corrected chi connectivity index (χ3v) is 5.20. The molecule has 0 amide bonds. The fourth-order valence-electron chi connectivity index (χ4n) is 1.89. The van der Waals surface area contributed by atoms with Gasteiger partial charge < -0.3 is 9.05 Å². The molecule has 0 bridgehead atoms. The van der Waals surface area contributed by atoms with E-state index in [0.717, 1.165) is 4.88 Å². The highest BCUT2D eigenvalue weighted by atomic mass is 32.1. The molecule has 0 aliphatic rings. The van der Waals surface area contributed by atoms with Crippen molar-refractivity contribution in [3.63, 3.8) is 0 Å². The summed E-state index contributed by atoms with van der Waals surface area (Å²) in [6.45, 7) is 0. The second-order valence-corrected chi connectivity index (χ2v) is 7.40. The Morgan fingerprint density at radius 1 is 0.783 bits per heavy atom. The topological polar surface area (TPSA) is 35.5 Å². The van der Waals surface area contributed by atoms with Crippen molar-refractivity contribution in [2.24, 2.45) is 0 Å². The van der Waals surface area contributed by atoms with Gasteiger partial charge in [0.25, 0.3) is 0 Å². The maximum Gasteiger partial charge on any atom is 0.455 e. The summed E-state index contributed by atoms with van der Waals surface area (Å²) in [5, 5.41) is 1.96. The van der Waals surface area contributed by atoms with Gasteiger partial charge >= 0.3 is 7.60 Å². The van der Waals surface area contributed by atoms with Crippen LogP contribution in [0.5, 0.6) is 11.5 Å². The summed E-state index contributed by atoms with van der Waals surface area (Å²) in [7, 11) is -3.48. The van der Waals surface area contributed by atoms with E-state index < -0.39 is 7.60 Å². The first-order valence-corrected chi connectivity index (χ1v) is 9.54. The first kappa shape index (κ1) is 15.6. The molecule has 0 saturated carbocycles. The van der Waals surface area contributed by atoms with E-state index in [-0.39, 0.29) is 0 Å². The second kappa shape index (κ2) is 7.32. The van der Waals surface area contributed by atoms with Crippen molar-refractivity contribution >= 4 is 25.0 Å². The van der Waals surface area contributed by atoms with Crippen LogP contribution in [-0.2, 0) is 4.57 Å². The van der Waals surface area contributed by atoms with Crippen molar-refractivity contribution in [2.45, 2.75) is 0 Å². The Morgan fingerprint density at radius 2 is 1.35 bits per heavy atom. The molecule has 0 saturated heterocycles. The highest BCUT2D eigenvalue weighted by Crippen LogP contribution is 2.50. The predicted molar refractivity (Wildman–Crippen MR) is 95.1 cm³/mol. The lowest BCUT2D eigenvalue weighted by molar-refractivity contribution is 0.398. The Bertz CT molecular complexity index is 753. The summed E-state index contributed by atoms with van der Waals surface area (Å²) in [5.74, 6) is 2.50. The minimum absolute atomic E-state index is 0.502. The van der Waals surface area contributed by atoms with Crippen molar-refractivity contribution in [2.75, 3.05) is 0 Å². The number of thiophene rings is 1. The van der Waals surface area contributed by atoms with E-state index in [1.54, 1.807) is 41.7 Å². The predicted octanol–water partition coefficient (Wildman–Crippen LogP) is 6.07. The molecule has 1 aromatic heterocycles. The first-order chi connectivity index (χ1) is 11.2. The zero-order chi connectivity index (χ0) is 16.0. The zero-order valence-corrected chi connectivity index (χ0v) is 14.0. The molecule has 0 radical (unpaired) electrons. The van der Waals surface area contributed by atoms with Crippen LogP contribution in [0.25, 0.3) is 6.08 Å². The molecular weight excluding hydrogens is 327 g/mol. The number of rotatable bonds is 6. The van der Waals surface area contributed by atoms with Gasteiger partial charge in [-0.25, -0.2) is 4.57 Å². The monoisotopic (exact) mass is 342 g/mol. The van der Waals surface area contributed by atoms with Crippen molar-refractivity contribution in [3.05, 3.63) is 88.9 Å². The van der Waals surface area contributed by atoms with Gasteiger partial charge in [-0.3, -0.25) is 0 Å². The highest BCUT2D eigenvalue weighted by Gasteiger charge is 2.24. The number of para-hydroxylation sites is 2. The van der Waals surface area contributed by atoms with E-state index in [4.69, 9.17) is 9.05 Å². The normalized spacial score (nSPS) is 11.5. The summed E-state index contributed by atoms with van der Waals surface area (Å²) in [4.78, 5) is 0.985. The molecule has 2 aromatic carbocycles. The molecule has 3 nitrogen and oxygen atoms in total. The standard InChI is InChI=1S/C18H15O3PS/c19-22(14-13-18-12-7-15-23-18,20-16-8-3-1-4-9-16)21-17-10-5-2-6-11-17/h1-15H/b14-13-. The third kappa shape index (κ3) is 4.59. The lowest BCUT2D eigenvalue weighted by atomic mass is 10.3. The van der Waals surface area contributed by atoms with E-state index in [0.29, 0.717) is 11.5 Å². The molecule has 0 atom stereocenters. The molecule has 0 aliphatic carbocycles. The summed E-state index contributed by atoms with van der Waals surface area (Å²) in [6, 6.07) is 21.9. The van der Waals surface area contributed by atoms with Gasteiger partial charge in [0.1, 0.15) is 11.5 Å². The van der Waals surface area contributed by atoms with Gasteiger partial charge in [-0.1, -0.05) is 42.5 Å². The first-order valence-electron chi connectivity index (χ1n) is 7.05. The third-order valence-electron chi connectivity index (χ3n) is 2.92. The molecule has 0 N–H and O–H groups in total. The van der Waals surface area contributed by atoms with Gasteiger partial charge in [-0.2, -0.15) is 0 Å². The molecule has 5 heteroatoms. The van der Waals surface area contributed by atoms with Gasteiger partial charge in [-0.15, -0.1) is 11.3 Å². The van der Waals surface area contributed by atoms with Gasteiger partial charge in [0.05, 0.1) is 5.82 Å². The zero-order valence-electron chi connectivity index (χ0n) is 12.2. The minimum atomic E-state index is -3.48. The van der Waals surface area contributed by atoms with Crippen molar-refractivity contribution in [3.8, 4) is 11.5 Å². The molecule has 3 aromatic rings. The molecule has 3 rings (SSSR count). The van der Waals surface area contributed by atoms with Gasteiger partial charge in [0.2, 0.25) is 0 Å². The minimum Gasteiger partial charge on any atom is -0.413 e. The van der Waals surface area contributed by atoms with Crippen LogP contribution < -0.4 is 9.05 Å². The van der Waals surface area contributed by atoms with Crippen molar-refractivity contribution in [1.29, 1.82) is 0 Å². The lowest BCUT2D eigenvalue weighted by Gasteiger charge is -2.17. The molecule has 116 valence electrons. The average molecular weight is 342 g/mol. The molecular formula is C18H15O3PS. The Balaban J connectivity index is 1.87. The fraction of sp³-hybridized carbons (Fsp3) is 0. The average Bonchev–Trinajstić information content (AvgIpc) is 3.08. The van der Waals surface area contributed by atoms with E-state index >= 15 is 0 Å². The lowest BCUT2D eigenvalue weighted by Crippen LogP contribution is -1.98. The van der Waals surface area contributed by atoms with Crippen LogP contribution in [0.15, 0.2) is 84.0 Å². The van der Waals surface area contributed by atoms with Crippen LogP contribution in [0.2, 0.25) is 0 Å². The van der Waals surface area contributed by atoms with Crippen LogP contribution in [0.1, 0.15) is 4.88 Å². The van der Waals surface area contributed by atoms with Gasteiger partial charge in [0.15, 0.2) is 0 Å².